The lowest BCUT2D eigenvalue weighted by atomic mass is 9.90. The fourth-order valence-electron chi connectivity index (χ4n) is 3.63. The summed E-state index contributed by atoms with van der Waals surface area (Å²) in [5.74, 6) is 2.43. The zero-order valence-corrected chi connectivity index (χ0v) is 19.3. The molecule has 1 atom stereocenters. The van der Waals surface area contributed by atoms with Crippen molar-refractivity contribution in [2.45, 2.75) is 25.3 Å². The van der Waals surface area contributed by atoms with Crippen LogP contribution in [-0.2, 0) is 11.3 Å². The molecule has 7 nitrogen and oxygen atoms in total. The molecule has 0 radical (unpaired) electrons. The molecule has 0 spiro atoms. The maximum Gasteiger partial charge on any atom is 0.225 e. The predicted octanol–water partition coefficient (Wildman–Crippen LogP) is 3.26. The molecule has 2 aromatic carbocycles. The van der Waals surface area contributed by atoms with Gasteiger partial charge in [0, 0.05) is 44.6 Å². The Labute approximate surface area is 193 Å². The van der Waals surface area contributed by atoms with Crippen LogP contribution < -0.4 is 25.4 Å². The van der Waals surface area contributed by atoms with E-state index in [2.05, 4.69) is 27.0 Å². The number of carbonyl (C=O) groups excluding carboxylic acids is 1. The van der Waals surface area contributed by atoms with E-state index in [0.717, 1.165) is 34.7 Å². The van der Waals surface area contributed by atoms with E-state index in [1.54, 1.807) is 7.05 Å². The van der Waals surface area contributed by atoms with Crippen molar-refractivity contribution >= 4 is 41.5 Å². The number of nitrogens with one attached hydrogen (secondary N) is 3. The van der Waals surface area contributed by atoms with Gasteiger partial charge in [-0.2, -0.15) is 0 Å². The Morgan fingerprint density at radius 3 is 2.77 bits per heavy atom. The van der Waals surface area contributed by atoms with Crippen molar-refractivity contribution in [1.29, 1.82) is 0 Å². The standard InChI is InChI=1S/C22H26N4O3.HI/c1-23-22(24-13-15-7-8-19-20(11-15)29-10-4-9-28-19)25-14-16-12-21(27)26-18-6-3-2-5-17(16)18;/h2-3,5-8,11,16H,4,9-10,12-14H2,1H3,(H,26,27)(H2,23,24,25);1H. The highest BCUT2D eigenvalue weighted by Crippen LogP contribution is 2.32. The number of halogens is 1. The summed E-state index contributed by atoms with van der Waals surface area (Å²) >= 11 is 0. The van der Waals surface area contributed by atoms with Crippen LogP contribution in [0.1, 0.15) is 29.9 Å². The smallest absolute Gasteiger partial charge is 0.225 e. The average molecular weight is 522 g/mol. The minimum atomic E-state index is 0. The van der Waals surface area contributed by atoms with Crippen molar-refractivity contribution < 1.29 is 14.3 Å². The number of para-hydroxylation sites is 1. The Morgan fingerprint density at radius 1 is 1.13 bits per heavy atom. The Morgan fingerprint density at radius 2 is 1.93 bits per heavy atom. The fraction of sp³-hybridized carbons (Fsp3) is 0.364. The molecular formula is C22H27IN4O3. The number of fused-ring (bicyclic) bond motifs is 2. The van der Waals surface area contributed by atoms with E-state index in [9.17, 15) is 4.79 Å². The summed E-state index contributed by atoms with van der Waals surface area (Å²) in [5, 5.41) is 9.60. The molecule has 2 heterocycles. The summed E-state index contributed by atoms with van der Waals surface area (Å²) in [5.41, 5.74) is 3.13. The van der Waals surface area contributed by atoms with E-state index in [1.807, 2.05) is 36.4 Å². The second kappa shape index (κ2) is 10.5. The van der Waals surface area contributed by atoms with E-state index in [1.165, 1.54) is 0 Å². The molecule has 2 aromatic rings. The van der Waals surface area contributed by atoms with Crippen molar-refractivity contribution in [3.05, 3.63) is 53.6 Å². The Bertz CT molecular complexity index is 919. The van der Waals surface area contributed by atoms with Gasteiger partial charge in [-0.05, 0) is 29.3 Å². The molecule has 4 rings (SSSR count). The van der Waals surface area contributed by atoms with Gasteiger partial charge < -0.3 is 25.4 Å². The lowest BCUT2D eigenvalue weighted by Crippen LogP contribution is -2.40. The molecule has 0 bridgehead atoms. The Kier molecular flexibility index (Phi) is 7.78. The number of guanidine groups is 1. The Hall–Kier alpha value is -2.49. The molecule has 0 aromatic heterocycles. The lowest BCUT2D eigenvalue weighted by Gasteiger charge is -2.26. The van der Waals surface area contributed by atoms with Gasteiger partial charge >= 0.3 is 0 Å². The van der Waals surface area contributed by atoms with Crippen LogP contribution in [0.25, 0.3) is 0 Å². The molecular weight excluding hydrogens is 495 g/mol. The van der Waals surface area contributed by atoms with Gasteiger partial charge in [-0.1, -0.05) is 24.3 Å². The Balaban J connectivity index is 0.00000256. The molecule has 0 aliphatic carbocycles. The fourth-order valence-corrected chi connectivity index (χ4v) is 3.63. The summed E-state index contributed by atoms with van der Waals surface area (Å²) < 4.78 is 11.4. The van der Waals surface area contributed by atoms with Crippen LogP contribution in [-0.4, -0.2) is 38.7 Å². The molecule has 1 amide bonds. The van der Waals surface area contributed by atoms with Crippen LogP contribution in [0.15, 0.2) is 47.5 Å². The SMILES string of the molecule is CN=C(NCc1ccc2c(c1)OCCCO2)NCC1CC(=O)Nc2ccccc21.I. The third-order valence-electron chi connectivity index (χ3n) is 5.12. The van der Waals surface area contributed by atoms with Crippen LogP contribution in [0.3, 0.4) is 0 Å². The van der Waals surface area contributed by atoms with Crippen LogP contribution in [0.4, 0.5) is 5.69 Å². The summed E-state index contributed by atoms with van der Waals surface area (Å²) in [7, 11) is 1.74. The normalized spacial score (nSPS) is 17.7. The van der Waals surface area contributed by atoms with Gasteiger partial charge in [0.2, 0.25) is 5.91 Å². The molecule has 3 N–H and O–H groups in total. The van der Waals surface area contributed by atoms with Crippen molar-refractivity contribution in [2.24, 2.45) is 4.99 Å². The molecule has 160 valence electrons. The zero-order chi connectivity index (χ0) is 20.1. The van der Waals surface area contributed by atoms with Crippen LogP contribution in [0, 0.1) is 0 Å². The van der Waals surface area contributed by atoms with Crippen LogP contribution in [0.2, 0.25) is 0 Å². The molecule has 0 saturated heterocycles. The molecule has 8 heteroatoms. The van der Waals surface area contributed by atoms with Gasteiger partial charge in [-0.15, -0.1) is 24.0 Å². The van der Waals surface area contributed by atoms with Crippen molar-refractivity contribution in [2.75, 3.05) is 32.1 Å². The largest absolute Gasteiger partial charge is 0.490 e. The van der Waals surface area contributed by atoms with Crippen molar-refractivity contribution in [3.8, 4) is 11.5 Å². The number of hydrogen-bond donors (Lipinski definition) is 3. The van der Waals surface area contributed by atoms with Gasteiger partial charge in [0.25, 0.3) is 0 Å². The van der Waals surface area contributed by atoms with Crippen LogP contribution >= 0.6 is 24.0 Å². The minimum absolute atomic E-state index is 0. The molecule has 2 aliphatic heterocycles. The summed E-state index contributed by atoms with van der Waals surface area (Å²) in [6, 6.07) is 13.9. The maximum absolute atomic E-state index is 12.0. The van der Waals surface area contributed by atoms with E-state index >= 15 is 0 Å². The van der Waals surface area contributed by atoms with Gasteiger partial charge in [-0.25, -0.2) is 0 Å². The van der Waals surface area contributed by atoms with E-state index in [4.69, 9.17) is 9.47 Å². The third-order valence-corrected chi connectivity index (χ3v) is 5.12. The summed E-state index contributed by atoms with van der Waals surface area (Å²) in [4.78, 5) is 16.3. The molecule has 1 unspecified atom stereocenters. The first-order valence-electron chi connectivity index (χ1n) is 9.95. The molecule has 0 fully saturated rings. The minimum Gasteiger partial charge on any atom is -0.490 e. The summed E-state index contributed by atoms with van der Waals surface area (Å²) in [6.07, 6.45) is 1.35. The molecule has 30 heavy (non-hydrogen) atoms. The highest BCUT2D eigenvalue weighted by molar-refractivity contribution is 14.0. The molecule has 2 aliphatic rings. The van der Waals surface area contributed by atoms with Gasteiger partial charge in [-0.3, -0.25) is 9.79 Å². The number of carbonyl (C=O) groups is 1. The van der Waals surface area contributed by atoms with E-state index in [-0.39, 0.29) is 35.8 Å². The number of rotatable bonds is 4. The zero-order valence-electron chi connectivity index (χ0n) is 16.9. The monoisotopic (exact) mass is 522 g/mol. The van der Waals surface area contributed by atoms with Gasteiger partial charge in [0.05, 0.1) is 13.2 Å². The number of ether oxygens (including phenoxy) is 2. The first-order valence-corrected chi connectivity index (χ1v) is 9.95. The number of nitrogens with zero attached hydrogens (tertiary/aromatic N) is 1. The summed E-state index contributed by atoms with van der Waals surface area (Å²) in [6.45, 7) is 2.59. The number of amides is 1. The van der Waals surface area contributed by atoms with Crippen LogP contribution in [0.5, 0.6) is 11.5 Å². The highest BCUT2D eigenvalue weighted by atomic mass is 127. The van der Waals surface area contributed by atoms with E-state index < -0.39 is 0 Å². The quantitative estimate of drug-likeness (QED) is 0.326. The van der Waals surface area contributed by atoms with E-state index in [0.29, 0.717) is 38.7 Å². The second-order valence-electron chi connectivity index (χ2n) is 7.17. The highest BCUT2D eigenvalue weighted by Gasteiger charge is 2.24. The lowest BCUT2D eigenvalue weighted by molar-refractivity contribution is -0.116. The number of aliphatic imine (C=N–C) groups is 1. The maximum atomic E-state index is 12.0. The first-order chi connectivity index (χ1) is 14.2. The third kappa shape index (κ3) is 5.35. The number of anilines is 1. The molecule has 0 saturated carbocycles. The first kappa shape index (κ1) is 22.2. The predicted molar refractivity (Wildman–Crippen MR) is 128 cm³/mol. The number of hydrogen-bond acceptors (Lipinski definition) is 4. The van der Waals surface area contributed by atoms with Gasteiger partial charge in [0.1, 0.15) is 0 Å². The van der Waals surface area contributed by atoms with Crippen molar-refractivity contribution in [3.63, 3.8) is 0 Å². The second-order valence-corrected chi connectivity index (χ2v) is 7.17. The van der Waals surface area contributed by atoms with Gasteiger partial charge in [0.15, 0.2) is 17.5 Å². The number of benzene rings is 2. The topological polar surface area (TPSA) is 84.0 Å². The van der Waals surface area contributed by atoms with Crippen molar-refractivity contribution in [1.82, 2.24) is 10.6 Å². The average Bonchev–Trinajstić information content (AvgIpc) is 2.98.